The van der Waals surface area contributed by atoms with Gasteiger partial charge in [-0.1, -0.05) is 35.5 Å². The van der Waals surface area contributed by atoms with Crippen LogP contribution in [0.4, 0.5) is 5.88 Å². The average molecular weight is 428 g/mol. The van der Waals surface area contributed by atoms with Crippen molar-refractivity contribution >= 4 is 5.88 Å². The standard InChI is InChI=1S/C24H33N3O4/c1-4-27(5-2)24-22(23(25-31-24)19-11-8-7-9-12-19)17-26(15-20(28)18-29-6-3)16-21-13-10-14-30-21/h7-14,20,28H,4-6,15-18H2,1-3H3/t20-/m0/s1. The molecule has 0 saturated heterocycles. The molecule has 7 nitrogen and oxygen atoms in total. The van der Waals surface area contributed by atoms with E-state index in [0.717, 1.165) is 41.6 Å². The molecule has 0 aliphatic heterocycles. The van der Waals surface area contributed by atoms with Crippen molar-refractivity contribution in [3.05, 3.63) is 60.1 Å². The number of furan rings is 1. The number of nitrogens with zero attached hydrogens (tertiary/aromatic N) is 3. The van der Waals surface area contributed by atoms with Crippen LogP contribution in [0.15, 0.2) is 57.7 Å². The van der Waals surface area contributed by atoms with Crippen molar-refractivity contribution in [2.45, 2.75) is 40.0 Å². The van der Waals surface area contributed by atoms with Gasteiger partial charge in [0.05, 0.1) is 31.1 Å². The number of hydrogen-bond acceptors (Lipinski definition) is 7. The summed E-state index contributed by atoms with van der Waals surface area (Å²) in [5, 5.41) is 14.9. The Hall–Kier alpha value is -2.61. The van der Waals surface area contributed by atoms with E-state index in [-0.39, 0.29) is 0 Å². The van der Waals surface area contributed by atoms with Crippen molar-refractivity contribution in [1.82, 2.24) is 10.1 Å². The van der Waals surface area contributed by atoms with Gasteiger partial charge >= 0.3 is 0 Å². The van der Waals surface area contributed by atoms with Gasteiger partial charge in [-0.2, -0.15) is 0 Å². The number of anilines is 1. The molecule has 2 heterocycles. The zero-order valence-electron chi connectivity index (χ0n) is 18.7. The van der Waals surface area contributed by atoms with E-state index in [1.807, 2.05) is 49.4 Å². The smallest absolute Gasteiger partial charge is 0.232 e. The average Bonchev–Trinajstić information content (AvgIpc) is 3.44. The summed E-state index contributed by atoms with van der Waals surface area (Å²) in [6.45, 7) is 10.2. The van der Waals surface area contributed by atoms with Gasteiger partial charge in [0.1, 0.15) is 11.5 Å². The van der Waals surface area contributed by atoms with E-state index < -0.39 is 6.10 Å². The van der Waals surface area contributed by atoms with Gasteiger partial charge in [-0.05, 0) is 32.9 Å². The summed E-state index contributed by atoms with van der Waals surface area (Å²) in [6.07, 6.45) is 1.06. The number of ether oxygens (including phenoxy) is 1. The van der Waals surface area contributed by atoms with Crippen molar-refractivity contribution in [3.8, 4) is 11.3 Å². The van der Waals surface area contributed by atoms with E-state index in [1.165, 1.54) is 0 Å². The van der Waals surface area contributed by atoms with E-state index in [1.54, 1.807) is 6.26 Å². The summed E-state index contributed by atoms with van der Waals surface area (Å²) in [4.78, 5) is 4.31. The van der Waals surface area contributed by atoms with E-state index >= 15 is 0 Å². The number of aliphatic hydroxyl groups excluding tert-OH is 1. The van der Waals surface area contributed by atoms with Crippen LogP contribution in [0.3, 0.4) is 0 Å². The van der Waals surface area contributed by atoms with Gasteiger partial charge in [0.2, 0.25) is 5.88 Å². The van der Waals surface area contributed by atoms with Gasteiger partial charge in [0, 0.05) is 38.3 Å². The van der Waals surface area contributed by atoms with Gasteiger partial charge in [0.25, 0.3) is 0 Å². The second-order valence-corrected chi connectivity index (χ2v) is 7.42. The molecule has 3 aromatic rings. The fourth-order valence-corrected chi connectivity index (χ4v) is 3.66. The van der Waals surface area contributed by atoms with Crippen LogP contribution in [0.25, 0.3) is 11.3 Å². The number of benzene rings is 1. The van der Waals surface area contributed by atoms with E-state index in [0.29, 0.717) is 32.8 Å². The Balaban J connectivity index is 1.92. The summed E-state index contributed by atoms with van der Waals surface area (Å²) >= 11 is 0. The predicted molar refractivity (Wildman–Crippen MR) is 121 cm³/mol. The lowest BCUT2D eigenvalue weighted by atomic mass is 10.1. The number of hydrogen-bond donors (Lipinski definition) is 1. The Morgan fingerprint density at radius 2 is 1.81 bits per heavy atom. The van der Waals surface area contributed by atoms with E-state index in [2.05, 4.69) is 28.8 Å². The Morgan fingerprint density at radius 1 is 1.03 bits per heavy atom. The fraction of sp³-hybridized carbons (Fsp3) is 0.458. The lowest BCUT2D eigenvalue weighted by molar-refractivity contribution is 0.0168. The van der Waals surface area contributed by atoms with Gasteiger partial charge in [0.15, 0.2) is 0 Å². The molecule has 31 heavy (non-hydrogen) atoms. The van der Waals surface area contributed by atoms with Gasteiger partial charge in [-0.25, -0.2) is 0 Å². The molecular formula is C24H33N3O4. The summed E-state index contributed by atoms with van der Waals surface area (Å²) in [7, 11) is 0. The zero-order chi connectivity index (χ0) is 22.1. The van der Waals surface area contributed by atoms with Crippen molar-refractivity contribution in [3.63, 3.8) is 0 Å². The van der Waals surface area contributed by atoms with E-state index in [4.69, 9.17) is 13.7 Å². The highest BCUT2D eigenvalue weighted by molar-refractivity contribution is 5.68. The zero-order valence-corrected chi connectivity index (χ0v) is 18.7. The first-order valence-corrected chi connectivity index (χ1v) is 11.0. The molecular weight excluding hydrogens is 394 g/mol. The first-order chi connectivity index (χ1) is 15.2. The third kappa shape index (κ3) is 6.19. The lowest BCUT2D eigenvalue weighted by Gasteiger charge is -2.26. The number of aromatic nitrogens is 1. The molecule has 0 aliphatic carbocycles. The highest BCUT2D eigenvalue weighted by Crippen LogP contribution is 2.32. The summed E-state index contributed by atoms with van der Waals surface area (Å²) in [6, 6.07) is 13.9. The molecule has 0 aliphatic rings. The highest BCUT2D eigenvalue weighted by Gasteiger charge is 2.25. The molecule has 0 amide bonds. The normalized spacial score (nSPS) is 12.4. The third-order valence-electron chi connectivity index (χ3n) is 5.19. The Bertz CT molecular complexity index is 876. The molecule has 7 heteroatoms. The molecule has 0 unspecified atom stereocenters. The molecule has 3 rings (SSSR count). The summed E-state index contributed by atoms with van der Waals surface area (Å²) in [5.41, 5.74) is 2.84. The first kappa shape index (κ1) is 23.1. The molecule has 0 saturated carbocycles. The first-order valence-electron chi connectivity index (χ1n) is 11.0. The van der Waals surface area contributed by atoms with Crippen LogP contribution in [-0.2, 0) is 17.8 Å². The lowest BCUT2D eigenvalue weighted by Crippen LogP contribution is -2.35. The maximum atomic E-state index is 10.5. The van der Waals surface area contributed by atoms with Crippen LogP contribution in [0.1, 0.15) is 32.1 Å². The van der Waals surface area contributed by atoms with Crippen LogP contribution in [-0.4, -0.2) is 54.1 Å². The van der Waals surface area contributed by atoms with Crippen LogP contribution in [0.5, 0.6) is 0 Å². The van der Waals surface area contributed by atoms with Crippen LogP contribution in [0, 0.1) is 0 Å². The van der Waals surface area contributed by atoms with Crippen molar-refractivity contribution < 1.29 is 18.8 Å². The minimum atomic E-state index is -0.605. The maximum absolute atomic E-state index is 10.5. The van der Waals surface area contributed by atoms with Crippen molar-refractivity contribution in [2.24, 2.45) is 0 Å². The minimum absolute atomic E-state index is 0.295. The second kappa shape index (κ2) is 11.7. The monoisotopic (exact) mass is 427 g/mol. The summed E-state index contributed by atoms with van der Waals surface area (Å²) in [5.74, 6) is 1.61. The van der Waals surface area contributed by atoms with Crippen molar-refractivity contribution in [2.75, 3.05) is 37.7 Å². The third-order valence-corrected chi connectivity index (χ3v) is 5.19. The van der Waals surface area contributed by atoms with Crippen LogP contribution in [0.2, 0.25) is 0 Å². The molecule has 0 bridgehead atoms. The van der Waals surface area contributed by atoms with Gasteiger partial charge < -0.3 is 23.7 Å². The largest absolute Gasteiger partial charge is 0.468 e. The van der Waals surface area contributed by atoms with Crippen LogP contribution >= 0.6 is 0 Å². The Kier molecular flexibility index (Phi) is 8.70. The fourth-order valence-electron chi connectivity index (χ4n) is 3.66. The van der Waals surface area contributed by atoms with Gasteiger partial charge in [-0.15, -0.1) is 0 Å². The SMILES string of the molecule is CCOC[C@@H](O)CN(Cc1ccco1)Cc1c(-c2ccccc2)noc1N(CC)CC. The predicted octanol–water partition coefficient (Wildman–Crippen LogP) is 4.18. The van der Waals surface area contributed by atoms with E-state index in [9.17, 15) is 5.11 Å². The number of rotatable bonds is 13. The molecule has 0 spiro atoms. The quantitative estimate of drug-likeness (QED) is 0.438. The molecule has 1 atom stereocenters. The molecule has 1 aromatic carbocycles. The topological polar surface area (TPSA) is 75.1 Å². The van der Waals surface area contributed by atoms with Crippen molar-refractivity contribution in [1.29, 1.82) is 0 Å². The molecule has 0 fully saturated rings. The molecule has 168 valence electrons. The molecule has 0 radical (unpaired) electrons. The summed E-state index contributed by atoms with van der Waals surface area (Å²) < 4.78 is 16.8. The number of aliphatic hydroxyl groups is 1. The Labute approximate surface area is 184 Å². The second-order valence-electron chi connectivity index (χ2n) is 7.42. The molecule has 2 aromatic heterocycles. The van der Waals surface area contributed by atoms with Gasteiger partial charge in [-0.3, -0.25) is 4.90 Å². The maximum Gasteiger partial charge on any atom is 0.232 e. The highest BCUT2D eigenvalue weighted by atomic mass is 16.5. The molecule has 1 N–H and O–H groups in total. The Morgan fingerprint density at radius 3 is 2.45 bits per heavy atom. The minimum Gasteiger partial charge on any atom is -0.468 e. The van der Waals surface area contributed by atoms with Crippen LogP contribution < -0.4 is 4.90 Å².